The fraction of sp³-hybridized carbons (Fsp3) is 0.200. The largest absolute Gasteiger partial charge is 0.868 e. The van der Waals surface area contributed by atoms with Crippen LogP contribution in [-0.2, 0) is 9.53 Å². The van der Waals surface area contributed by atoms with Crippen molar-refractivity contribution in [1.29, 1.82) is 0 Å². The molecule has 29 heavy (non-hydrogen) atoms. The lowest BCUT2D eigenvalue weighted by molar-refractivity contribution is -0.398. The highest BCUT2D eigenvalue weighted by atomic mass is 32.1. The Morgan fingerprint density at radius 3 is 2.59 bits per heavy atom. The van der Waals surface area contributed by atoms with Gasteiger partial charge in [0.2, 0.25) is 0 Å². The van der Waals surface area contributed by atoms with Crippen LogP contribution in [0.4, 0.5) is 11.4 Å². The number of allylic oxidation sites excluding steroid dienone is 1. The highest BCUT2D eigenvalue weighted by Crippen LogP contribution is 2.36. The van der Waals surface area contributed by atoms with Crippen LogP contribution in [0.5, 0.6) is 5.75 Å². The molecule has 2 aromatic carbocycles. The smallest absolute Gasteiger partial charge is 0.337 e. The summed E-state index contributed by atoms with van der Waals surface area (Å²) in [4.78, 5) is 24.7. The van der Waals surface area contributed by atoms with Gasteiger partial charge < -0.3 is 15.2 Å². The van der Waals surface area contributed by atoms with Crippen LogP contribution in [0.3, 0.4) is 0 Å². The number of nitrogens with zero attached hydrogens (tertiary/aromatic N) is 2. The molecule has 2 aromatic rings. The zero-order valence-corrected chi connectivity index (χ0v) is 16.8. The Balaban J connectivity index is 2.17. The number of aryl methyl sites for hydroxylation is 1. The lowest BCUT2D eigenvalue weighted by Gasteiger charge is -2.37. The molecule has 3 rings (SSSR count). The van der Waals surface area contributed by atoms with Crippen molar-refractivity contribution < 1.29 is 19.6 Å². The first-order valence-electron chi connectivity index (χ1n) is 8.66. The summed E-state index contributed by atoms with van der Waals surface area (Å²) in [5.41, 5.74) is 2.35. The quantitative estimate of drug-likeness (QED) is 0.353. The Kier molecular flexibility index (Phi) is 5.51. The first-order chi connectivity index (χ1) is 13.7. The second-order valence-electron chi connectivity index (χ2n) is 6.53. The third-order valence-electron chi connectivity index (χ3n) is 4.66. The summed E-state index contributed by atoms with van der Waals surface area (Å²) in [6.45, 7) is 3.67. The maximum Gasteiger partial charge on any atom is 0.337 e. The van der Waals surface area contributed by atoms with E-state index in [2.05, 4.69) is 5.32 Å². The molecular formula is C20H18N3O5S-. The van der Waals surface area contributed by atoms with Gasteiger partial charge in [-0.2, -0.15) is 0 Å². The number of hydrogen-bond acceptors (Lipinski definition) is 6. The zero-order chi connectivity index (χ0) is 21.3. The van der Waals surface area contributed by atoms with Gasteiger partial charge in [-0.15, -0.1) is 0 Å². The second-order valence-corrected chi connectivity index (χ2v) is 6.92. The number of ether oxygens (including phenoxy) is 1. The molecule has 150 valence electrons. The van der Waals surface area contributed by atoms with Gasteiger partial charge in [0, 0.05) is 17.5 Å². The summed E-state index contributed by atoms with van der Waals surface area (Å²) >= 11 is 5.53. The molecular weight excluding hydrogens is 394 g/mol. The molecule has 0 spiro atoms. The van der Waals surface area contributed by atoms with E-state index in [-0.39, 0.29) is 5.57 Å². The average Bonchev–Trinajstić information content (AvgIpc) is 2.67. The SMILES string of the molecule is COC(=O)C1=C(C)N(c2cccc(C)c2)C(=S)N[C@@H]1c1ccc([O-])c([N+](=O)[O-])c1. The first kappa shape index (κ1) is 20.3. The maximum atomic E-state index is 12.6. The number of rotatable bonds is 4. The molecule has 1 N–H and O–H groups in total. The number of nitrogens with one attached hydrogen (secondary N) is 1. The van der Waals surface area contributed by atoms with E-state index in [1.54, 1.807) is 11.8 Å². The molecule has 0 bridgehead atoms. The Morgan fingerprint density at radius 2 is 1.97 bits per heavy atom. The third-order valence-corrected chi connectivity index (χ3v) is 4.96. The number of carbonyl (C=O) groups is 1. The molecule has 0 aliphatic carbocycles. The number of benzene rings is 2. The van der Waals surface area contributed by atoms with Crippen molar-refractivity contribution in [3.05, 3.63) is 75.0 Å². The molecule has 0 amide bonds. The summed E-state index contributed by atoms with van der Waals surface area (Å²) in [5, 5.41) is 26.3. The minimum Gasteiger partial charge on any atom is -0.868 e. The van der Waals surface area contributed by atoms with Gasteiger partial charge in [0.1, 0.15) is 0 Å². The summed E-state index contributed by atoms with van der Waals surface area (Å²) < 4.78 is 4.95. The van der Waals surface area contributed by atoms with Gasteiger partial charge in [-0.1, -0.05) is 24.3 Å². The monoisotopic (exact) mass is 412 g/mol. The van der Waals surface area contributed by atoms with Crippen LogP contribution in [-0.4, -0.2) is 23.1 Å². The normalized spacial score (nSPS) is 16.4. The summed E-state index contributed by atoms with van der Waals surface area (Å²) in [6, 6.07) is 10.5. The van der Waals surface area contributed by atoms with Gasteiger partial charge in [-0.25, -0.2) is 4.79 Å². The topological polar surface area (TPSA) is 108 Å². The number of nitro groups is 1. The first-order valence-corrected chi connectivity index (χ1v) is 9.07. The molecule has 1 atom stereocenters. The lowest BCUT2D eigenvalue weighted by Crippen LogP contribution is -2.48. The molecule has 0 aromatic heterocycles. The lowest BCUT2D eigenvalue weighted by atomic mass is 9.94. The minimum atomic E-state index is -0.796. The van der Waals surface area contributed by atoms with Gasteiger partial charge in [-0.05, 0) is 55.1 Å². The molecule has 0 radical (unpaired) electrons. The minimum absolute atomic E-state index is 0.246. The highest BCUT2D eigenvalue weighted by molar-refractivity contribution is 7.80. The van der Waals surface area contributed by atoms with Gasteiger partial charge in [0.15, 0.2) is 5.11 Å². The van der Waals surface area contributed by atoms with Gasteiger partial charge in [0.05, 0.1) is 23.6 Å². The van der Waals surface area contributed by atoms with Crippen molar-refractivity contribution in [2.24, 2.45) is 0 Å². The van der Waals surface area contributed by atoms with E-state index < -0.39 is 28.4 Å². The van der Waals surface area contributed by atoms with Crippen molar-refractivity contribution in [2.75, 3.05) is 12.0 Å². The van der Waals surface area contributed by atoms with Crippen molar-refractivity contribution in [3.8, 4) is 5.75 Å². The van der Waals surface area contributed by atoms with Crippen LogP contribution in [0.25, 0.3) is 0 Å². The fourth-order valence-electron chi connectivity index (χ4n) is 3.30. The predicted octanol–water partition coefficient (Wildman–Crippen LogP) is 2.86. The standard InChI is InChI=1S/C20H19N3O5S/c1-11-5-4-6-14(9-11)22-12(2)17(19(25)28-3)18(21-20(22)29)13-7-8-16(24)15(10-13)23(26)27/h4-10,18,24H,1-3H3,(H,21,29)/p-1/t18-/m1/s1. The van der Waals surface area contributed by atoms with E-state index in [9.17, 15) is 20.0 Å². The van der Waals surface area contributed by atoms with Gasteiger partial charge in [-0.3, -0.25) is 15.0 Å². The summed E-state index contributed by atoms with van der Waals surface area (Å²) in [6.07, 6.45) is 0. The van der Waals surface area contributed by atoms with E-state index in [0.29, 0.717) is 16.4 Å². The van der Waals surface area contributed by atoms with Gasteiger partial charge >= 0.3 is 5.97 Å². The third kappa shape index (κ3) is 3.77. The fourth-order valence-corrected chi connectivity index (χ4v) is 3.66. The number of thiocarbonyl (C=S) groups is 1. The molecule has 0 fully saturated rings. The maximum absolute atomic E-state index is 12.6. The molecule has 0 saturated carbocycles. The predicted molar refractivity (Wildman–Crippen MR) is 109 cm³/mol. The van der Waals surface area contributed by atoms with E-state index in [1.807, 2.05) is 31.2 Å². The van der Waals surface area contributed by atoms with Crippen molar-refractivity contribution in [1.82, 2.24) is 5.32 Å². The van der Waals surface area contributed by atoms with Crippen LogP contribution in [0.15, 0.2) is 53.7 Å². The van der Waals surface area contributed by atoms with E-state index >= 15 is 0 Å². The van der Waals surface area contributed by atoms with Crippen molar-refractivity contribution in [3.63, 3.8) is 0 Å². The summed E-state index contributed by atoms with van der Waals surface area (Å²) in [7, 11) is 1.26. The van der Waals surface area contributed by atoms with E-state index in [4.69, 9.17) is 17.0 Å². The molecule has 8 nitrogen and oxygen atoms in total. The van der Waals surface area contributed by atoms with Gasteiger partial charge in [0.25, 0.3) is 5.69 Å². The number of hydrogen-bond donors (Lipinski definition) is 1. The van der Waals surface area contributed by atoms with Crippen LogP contribution in [0.2, 0.25) is 0 Å². The van der Waals surface area contributed by atoms with Crippen LogP contribution < -0.4 is 15.3 Å². The Labute approximate surface area is 172 Å². The van der Waals surface area contributed by atoms with Crippen LogP contribution in [0, 0.1) is 17.0 Å². The molecule has 1 aliphatic rings. The average molecular weight is 412 g/mol. The Bertz CT molecular complexity index is 1050. The number of esters is 1. The van der Waals surface area contributed by atoms with Crippen molar-refractivity contribution >= 4 is 34.7 Å². The summed E-state index contributed by atoms with van der Waals surface area (Å²) in [5.74, 6) is -1.31. The van der Waals surface area contributed by atoms with Crippen LogP contribution in [0.1, 0.15) is 24.1 Å². The molecule has 0 saturated heterocycles. The van der Waals surface area contributed by atoms with Crippen molar-refractivity contribution in [2.45, 2.75) is 19.9 Å². The number of anilines is 1. The molecule has 1 aliphatic heterocycles. The highest BCUT2D eigenvalue weighted by Gasteiger charge is 2.35. The van der Waals surface area contributed by atoms with E-state index in [0.717, 1.165) is 23.4 Å². The number of methoxy groups -OCH3 is 1. The Hall–Kier alpha value is -3.46. The van der Waals surface area contributed by atoms with E-state index in [1.165, 1.54) is 13.2 Å². The second kappa shape index (κ2) is 7.88. The molecule has 9 heteroatoms. The molecule has 0 unspecified atom stereocenters. The Morgan fingerprint density at radius 1 is 1.24 bits per heavy atom. The number of nitro benzene ring substituents is 1. The zero-order valence-electron chi connectivity index (χ0n) is 16.0. The van der Waals surface area contributed by atoms with Crippen LogP contribution >= 0.6 is 12.2 Å². The molecule has 1 heterocycles. The number of carbonyl (C=O) groups excluding carboxylic acids is 1.